The smallest absolute Gasteiger partial charge is 0.255 e. The van der Waals surface area contributed by atoms with Crippen LogP contribution in [0.15, 0.2) is 59.0 Å². The van der Waals surface area contributed by atoms with E-state index in [2.05, 4.69) is 16.4 Å². The molecule has 4 aromatic rings. The number of hydrogen-bond acceptors (Lipinski definition) is 3. The molecule has 1 N–H and O–H groups in total. The van der Waals surface area contributed by atoms with E-state index in [0.29, 0.717) is 27.7 Å². The Kier molecular flexibility index (Phi) is 4.65. The SMILES string of the molecule is Cc1ccc(C(=O)Nc2ccc(Cl)c(-c3nc4cc(C)cc(C)c4o3)c2)cc1. The maximum absolute atomic E-state index is 12.5. The number of fused-ring (bicyclic) bond motifs is 1. The van der Waals surface area contributed by atoms with Crippen LogP contribution in [-0.4, -0.2) is 10.9 Å². The van der Waals surface area contributed by atoms with Crippen molar-refractivity contribution in [1.82, 2.24) is 4.98 Å². The first-order chi connectivity index (χ1) is 13.4. The molecule has 3 aromatic carbocycles. The van der Waals surface area contributed by atoms with Crippen LogP contribution in [0, 0.1) is 20.8 Å². The van der Waals surface area contributed by atoms with E-state index in [9.17, 15) is 4.79 Å². The Morgan fingerprint density at radius 3 is 2.46 bits per heavy atom. The van der Waals surface area contributed by atoms with Gasteiger partial charge in [0, 0.05) is 11.3 Å². The Morgan fingerprint density at radius 2 is 1.71 bits per heavy atom. The second-order valence-corrected chi connectivity index (χ2v) is 7.37. The standard InChI is InChI=1S/C23H19ClN2O2/c1-13-4-6-16(7-5-13)22(27)25-17-8-9-19(24)18(12-17)23-26-20-11-14(2)10-15(3)21(20)28-23/h4-12H,1-3H3,(H,25,27). The molecule has 5 heteroatoms. The van der Waals surface area contributed by atoms with Crippen molar-refractivity contribution in [2.24, 2.45) is 0 Å². The van der Waals surface area contributed by atoms with Crippen molar-refractivity contribution >= 4 is 34.3 Å². The van der Waals surface area contributed by atoms with Gasteiger partial charge in [-0.25, -0.2) is 4.98 Å². The van der Waals surface area contributed by atoms with Crippen LogP contribution >= 0.6 is 11.6 Å². The molecule has 4 nitrogen and oxygen atoms in total. The highest BCUT2D eigenvalue weighted by Gasteiger charge is 2.15. The maximum Gasteiger partial charge on any atom is 0.255 e. The zero-order valence-corrected chi connectivity index (χ0v) is 16.6. The molecule has 0 saturated heterocycles. The molecular weight excluding hydrogens is 372 g/mol. The number of aryl methyl sites for hydroxylation is 3. The summed E-state index contributed by atoms with van der Waals surface area (Å²) in [6.07, 6.45) is 0. The molecule has 0 atom stereocenters. The van der Waals surface area contributed by atoms with Crippen molar-refractivity contribution in [3.63, 3.8) is 0 Å². The first-order valence-corrected chi connectivity index (χ1v) is 9.34. The van der Waals surface area contributed by atoms with Gasteiger partial charge in [0.1, 0.15) is 5.52 Å². The van der Waals surface area contributed by atoms with Gasteiger partial charge >= 0.3 is 0 Å². The molecule has 0 saturated carbocycles. The number of halogens is 1. The number of aromatic nitrogens is 1. The summed E-state index contributed by atoms with van der Waals surface area (Å²) in [5.41, 5.74) is 6.63. The molecule has 28 heavy (non-hydrogen) atoms. The summed E-state index contributed by atoms with van der Waals surface area (Å²) in [5.74, 6) is 0.248. The number of nitrogens with zero attached hydrogens (tertiary/aromatic N) is 1. The predicted octanol–water partition coefficient (Wildman–Crippen LogP) is 6.33. The first kappa shape index (κ1) is 18.3. The minimum Gasteiger partial charge on any atom is -0.436 e. The lowest BCUT2D eigenvalue weighted by molar-refractivity contribution is 0.102. The Bertz CT molecular complexity index is 1190. The number of anilines is 1. The summed E-state index contributed by atoms with van der Waals surface area (Å²) < 4.78 is 5.97. The van der Waals surface area contributed by atoms with E-state index in [1.807, 2.05) is 39.0 Å². The normalized spacial score (nSPS) is 11.0. The number of hydrogen-bond donors (Lipinski definition) is 1. The summed E-state index contributed by atoms with van der Waals surface area (Å²) in [7, 11) is 0. The molecule has 1 heterocycles. The molecule has 0 radical (unpaired) electrons. The number of benzene rings is 3. The highest BCUT2D eigenvalue weighted by Crippen LogP contribution is 2.33. The summed E-state index contributed by atoms with van der Waals surface area (Å²) in [4.78, 5) is 17.1. The third kappa shape index (κ3) is 3.51. The Morgan fingerprint density at radius 1 is 0.964 bits per heavy atom. The van der Waals surface area contributed by atoms with Crippen LogP contribution in [0.5, 0.6) is 0 Å². The van der Waals surface area contributed by atoms with Crippen LogP contribution in [0.3, 0.4) is 0 Å². The fourth-order valence-corrected chi connectivity index (χ4v) is 3.37. The molecule has 0 aliphatic rings. The lowest BCUT2D eigenvalue weighted by Crippen LogP contribution is -2.11. The van der Waals surface area contributed by atoms with Crippen LogP contribution < -0.4 is 5.32 Å². The molecular formula is C23H19ClN2O2. The van der Waals surface area contributed by atoms with E-state index >= 15 is 0 Å². The molecule has 0 aliphatic carbocycles. The van der Waals surface area contributed by atoms with Crippen LogP contribution in [0.25, 0.3) is 22.6 Å². The van der Waals surface area contributed by atoms with Crippen LogP contribution in [0.1, 0.15) is 27.0 Å². The van der Waals surface area contributed by atoms with E-state index in [0.717, 1.165) is 27.8 Å². The van der Waals surface area contributed by atoms with Crippen molar-refractivity contribution in [2.45, 2.75) is 20.8 Å². The molecule has 0 unspecified atom stereocenters. The van der Waals surface area contributed by atoms with Gasteiger partial charge in [0.2, 0.25) is 5.89 Å². The maximum atomic E-state index is 12.5. The van der Waals surface area contributed by atoms with Gasteiger partial charge in [-0.05, 0) is 68.3 Å². The summed E-state index contributed by atoms with van der Waals surface area (Å²) in [6, 6.07) is 16.7. The summed E-state index contributed by atoms with van der Waals surface area (Å²) in [6.45, 7) is 6.00. The zero-order chi connectivity index (χ0) is 19.8. The van der Waals surface area contributed by atoms with E-state index in [1.54, 1.807) is 30.3 Å². The number of nitrogens with one attached hydrogen (secondary N) is 1. The summed E-state index contributed by atoms with van der Waals surface area (Å²) >= 11 is 6.39. The predicted molar refractivity (Wildman–Crippen MR) is 113 cm³/mol. The molecule has 1 amide bonds. The minimum absolute atomic E-state index is 0.183. The van der Waals surface area contributed by atoms with Crippen LogP contribution in [-0.2, 0) is 0 Å². The van der Waals surface area contributed by atoms with Gasteiger partial charge in [-0.1, -0.05) is 35.4 Å². The molecule has 0 spiro atoms. The van der Waals surface area contributed by atoms with Crippen molar-refractivity contribution in [3.05, 3.63) is 81.9 Å². The lowest BCUT2D eigenvalue weighted by Gasteiger charge is -2.08. The average molecular weight is 391 g/mol. The molecule has 4 rings (SSSR count). The average Bonchev–Trinajstić information content (AvgIpc) is 3.08. The number of rotatable bonds is 3. The summed E-state index contributed by atoms with van der Waals surface area (Å²) in [5, 5.41) is 3.41. The minimum atomic E-state index is -0.183. The molecule has 0 bridgehead atoms. The molecule has 1 aromatic heterocycles. The third-order valence-electron chi connectivity index (χ3n) is 4.59. The third-order valence-corrected chi connectivity index (χ3v) is 4.92. The van der Waals surface area contributed by atoms with Gasteiger partial charge in [0.25, 0.3) is 5.91 Å². The van der Waals surface area contributed by atoms with Gasteiger partial charge in [-0.15, -0.1) is 0 Å². The largest absolute Gasteiger partial charge is 0.436 e. The van der Waals surface area contributed by atoms with Gasteiger partial charge < -0.3 is 9.73 Å². The van der Waals surface area contributed by atoms with Crippen molar-refractivity contribution < 1.29 is 9.21 Å². The van der Waals surface area contributed by atoms with Crippen LogP contribution in [0.4, 0.5) is 5.69 Å². The first-order valence-electron chi connectivity index (χ1n) is 8.96. The fraction of sp³-hybridized carbons (Fsp3) is 0.130. The monoisotopic (exact) mass is 390 g/mol. The topological polar surface area (TPSA) is 55.1 Å². The Labute approximate surface area is 168 Å². The highest BCUT2D eigenvalue weighted by molar-refractivity contribution is 6.33. The molecule has 0 aliphatic heterocycles. The number of amides is 1. The Hall–Kier alpha value is -3.11. The quantitative estimate of drug-likeness (QED) is 0.445. The van der Waals surface area contributed by atoms with Crippen molar-refractivity contribution in [1.29, 1.82) is 0 Å². The van der Waals surface area contributed by atoms with Crippen LogP contribution in [0.2, 0.25) is 5.02 Å². The highest BCUT2D eigenvalue weighted by atomic mass is 35.5. The van der Waals surface area contributed by atoms with Gasteiger partial charge in [-0.3, -0.25) is 4.79 Å². The van der Waals surface area contributed by atoms with Gasteiger partial charge in [0.15, 0.2) is 5.58 Å². The Balaban J connectivity index is 1.68. The van der Waals surface area contributed by atoms with Gasteiger partial charge in [-0.2, -0.15) is 0 Å². The van der Waals surface area contributed by atoms with Crippen molar-refractivity contribution in [2.75, 3.05) is 5.32 Å². The van der Waals surface area contributed by atoms with E-state index in [1.165, 1.54) is 0 Å². The van der Waals surface area contributed by atoms with E-state index < -0.39 is 0 Å². The lowest BCUT2D eigenvalue weighted by atomic mass is 10.1. The van der Waals surface area contributed by atoms with Gasteiger partial charge in [0.05, 0.1) is 10.6 Å². The second kappa shape index (κ2) is 7.13. The fourth-order valence-electron chi connectivity index (χ4n) is 3.17. The number of oxazole rings is 1. The van der Waals surface area contributed by atoms with E-state index in [4.69, 9.17) is 16.0 Å². The van der Waals surface area contributed by atoms with Crippen molar-refractivity contribution in [3.8, 4) is 11.5 Å². The number of carbonyl (C=O) groups is 1. The molecule has 140 valence electrons. The second-order valence-electron chi connectivity index (χ2n) is 6.96. The molecule has 0 fully saturated rings. The van der Waals surface area contributed by atoms with E-state index in [-0.39, 0.29) is 5.91 Å². The zero-order valence-electron chi connectivity index (χ0n) is 15.8. The number of carbonyl (C=O) groups excluding carboxylic acids is 1.